The lowest BCUT2D eigenvalue weighted by Crippen LogP contribution is -1.99. The molecule has 0 spiro atoms. The van der Waals surface area contributed by atoms with Crippen molar-refractivity contribution in [2.24, 2.45) is 5.92 Å². The van der Waals surface area contributed by atoms with Gasteiger partial charge in [-0.3, -0.25) is 4.79 Å². The third kappa shape index (κ3) is 9.94. The Morgan fingerprint density at radius 1 is 1.23 bits per heavy atom. The van der Waals surface area contributed by atoms with Crippen LogP contribution in [0.2, 0.25) is 0 Å². The molecule has 0 rings (SSSR count). The fraction of sp³-hybridized carbons (Fsp3) is 0.909. The largest absolute Gasteiger partial charge is 0.291 e. The minimum absolute atomic E-state index is 0.112. The lowest BCUT2D eigenvalue weighted by Gasteiger charge is -2.02. The highest BCUT2D eigenvalue weighted by molar-refractivity contribution is 7.99. The van der Waals surface area contributed by atoms with Gasteiger partial charge < -0.3 is 0 Å². The van der Waals surface area contributed by atoms with E-state index in [-0.39, 0.29) is 5.92 Å². The zero-order chi connectivity index (χ0) is 9.94. The number of unbranched alkanes of at least 4 members (excludes halogenated alkanes) is 4. The second kappa shape index (κ2) is 10.1. The SMILES string of the molecule is CCCCCCCSCC(C)[C]=O. The van der Waals surface area contributed by atoms with Crippen LogP contribution in [-0.4, -0.2) is 17.8 Å². The zero-order valence-corrected chi connectivity index (χ0v) is 9.66. The van der Waals surface area contributed by atoms with Gasteiger partial charge in [-0.05, 0) is 12.2 Å². The first-order valence-electron chi connectivity index (χ1n) is 5.26. The van der Waals surface area contributed by atoms with E-state index in [2.05, 4.69) is 6.92 Å². The van der Waals surface area contributed by atoms with Crippen LogP contribution in [0.15, 0.2) is 0 Å². The van der Waals surface area contributed by atoms with Crippen LogP contribution in [0.1, 0.15) is 46.0 Å². The Balaban J connectivity index is 2.95. The standard InChI is InChI=1S/C11H21OS/c1-3-4-5-6-7-8-13-10-11(2)9-12/h11H,3-8,10H2,1-2H3. The summed E-state index contributed by atoms with van der Waals surface area (Å²) in [6.07, 6.45) is 8.70. The van der Waals surface area contributed by atoms with Crippen LogP contribution in [0.4, 0.5) is 0 Å². The van der Waals surface area contributed by atoms with Gasteiger partial charge in [-0.1, -0.05) is 39.5 Å². The molecule has 0 aliphatic heterocycles. The van der Waals surface area contributed by atoms with Crippen molar-refractivity contribution in [3.8, 4) is 0 Å². The fourth-order valence-electron chi connectivity index (χ4n) is 1.10. The molecule has 0 fully saturated rings. The van der Waals surface area contributed by atoms with Crippen molar-refractivity contribution in [1.82, 2.24) is 0 Å². The minimum Gasteiger partial charge on any atom is -0.291 e. The molecule has 2 heteroatoms. The van der Waals surface area contributed by atoms with Gasteiger partial charge in [-0.25, -0.2) is 0 Å². The van der Waals surface area contributed by atoms with Crippen LogP contribution < -0.4 is 0 Å². The predicted molar refractivity (Wildman–Crippen MR) is 60.9 cm³/mol. The van der Waals surface area contributed by atoms with Crippen molar-refractivity contribution in [1.29, 1.82) is 0 Å². The average molecular weight is 201 g/mol. The van der Waals surface area contributed by atoms with Gasteiger partial charge in [0.1, 0.15) is 0 Å². The predicted octanol–water partition coefficient (Wildman–Crippen LogP) is 3.44. The molecular formula is C11H21OS. The Kier molecular flexibility index (Phi) is 10.1. The van der Waals surface area contributed by atoms with Crippen molar-refractivity contribution in [3.63, 3.8) is 0 Å². The summed E-state index contributed by atoms with van der Waals surface area (Å²) < 4.78 is 0. The Morgan fingerprint density at radius 2 is 1.92 bits per heavy atom. The normalized spacial score (nSPS) is 12.8. The van der Waals surface area contributed by atoms with Gasteiger partial charge in [-0.2, -0.15) is 11.8 Å². The average Bonchev–Trinajstić information content (AvgIpc) is 2.16. The molecular weight excluding hydrogens is 180 g/mol. The summed E-state index contributed by atoms with van der Waals surface area (Å²) >= 11 is 1.88. The third-order valence-corrected chi connectivity index (χ3v) is 3.27. The van der Waals surface area contributed by atoms with Gasteiger partial charge >= 0.3 is 0 Å². The topological polar surface area (TPSA) is 17.1 Å². The molecule has 0 aliphatic carbocycles. The summed E-state index contributed by atoms with van der Waals surface area (Å²) in [6.45, 7) is 4.16. The number of hydrogen-bond acceptors (Lipinski definition) is 2. The molecule has 0 aliphatic rings. The third-order valence-electron chi connectivity index (χ3n) is 1.96. The summed E-state index contributed by atoms with van der Waals surface area (Å²) in [5, 5.41) is 0. The number of thioether (sulfide) groups is 1. The molecule has 77 valence electrons. The van der Waals surface area contributed by atoms with Crippen LogP contribution in [-0.2, 0) is 4.79 Å². The van der Waals surface area contributed by atoms with E-state index in [1.165, 1.54) is 37.9 Å². The second-order valence-corrected chi connectivity index (χ2v) is 4.66. The highest BCUT2D eigenvalue weighted by Gasteiger charge is 1.99. The van der Waals surface area contributed by atoms with Gasteiger partial charge in [0.15, 0.2) is 0 Å². The van der Waals surface area contributed by atoms with E-state index < -0.39 is 0 Å². The Bertz CT molecular complexity index is 115. The highest BCUT2D eigenvalue weighted by Crippen LogP contribution is 2.11. The first-order chi connectivity index (χ1) is 6.31. The van der Waals surface area contributed by atoms with E-state index in [0.717, 1.165) is 5.75 Å². The molecule has 1 nitrogen and oxygen atoms in total. The smallest absolute Gasteiger partial charge is 0.202 e. The number of carbonyl (C=O) groups excluding carboxylic acids is 1. The molecule has 0 aromatic rings. The lowest BCUT2D eigenvalue weighted by atomic mass is 10.2. The molecule has 13 heavy (non-hydrogen) atoms. The molecule has 0 aromatic carbocycles. The Labute approximate surface area is 86.7 Å². The van der Waals surface area contributed by atoms with Crippen LogP contribution in [0.25, 0.3) is 0 Å². The highest BCUT2D eigenvalue weighted by atomic mass is 32.2. The molecule has 0 amide bonds. The quantitative estimate of drug-likeness (QED) is 0.532. The summed E-state index contributed by atoms with van der Waals surface area (Å²) in [4.78, 5) is 10.2. The van der Waals surface area contributed by atoms with Crippen LogP contribution in [0, 0.1) is 5.92 Å². The molecule has 1 unspecified atom stereocenters. The Hall–Kier alpha value is 0.0200. The van der Waals surface area contributed by atoms with Gasteiger partial charge in [0, 0.05) is 11.7 Å². The van der Waals surface area contributed by atoms with Crippen LogP contribution in [0.3, 0.4) is 0 Å². The Morgan fingerprint density at radius 3 is 2.54 bits per heavy atom. The summed E-state index contributed by atoms with van der Waals surface area (Å²) in [7, 11) is 0. The van der Waals surface area contributed by atoms with Crippen LogP contribution in [0.5, 0.6) is 0 Å². The maximum absolute atomic E-state index is 10.2. The van der Waals surface area contributed by atoms with Gasteiger partial charge in [-0.15, -0.1) is 0 Å². The van der Waals surface area contributed by atoms with Crippen molar-refractivity contribution in [2.75, 3.05) is 11.5 Å². The van der Waals surface area contributed by atoms with Crippen LogP contribution >= 0.6 is 11.8 Å². The lowest BCUT2D eigenvalue weighted by molar-refractivity contribution is 0.538. The van der Waals surface area contributed by atoms with Gasteiger partial charge in [0.05, 0.1) is 0 Å². The van der Waals surface area contributed by atoms with E-state index in [9.17, 15) is 4.79 Å². The molecule has 0 aromatic heterocycles. The van der Waals surface area contributed by atoms with E-state index >= 15 is 0 Å². The number of hydrogen-bond donors (Lipinski definition) is 0. The molecule has 0 heterocycles. The second-order valence-electron chi connectivity index (χ2n) is 3.51. The molecule has 1 radical (unpaired) electrons. The van der Waals surface area contributed by atoms with Crippen molar-refractivity contribution in [2.45, 2.75) is 46.0 Å². The van der Waals surface area contributed by atoms with Crippen molar-refractivity contribution < 1.29 is 4.79 Å². The van der Waals surface area contributed by atoms with Crippen molar-refractivity contribution in [3.05, 3.63) is 0 Å². The van der Waals surface area contributed by atoms with E-state index in [1.54, 1.807) is 0 Å². The van der Waals surface area contributed by atoms with E-state index in [4.69, 9.17) is 0 Å². The molecule has 1 atom stereocenters. The first-order valence-corrected chi connectivity index (χ1v) is 6.42. The molecule has 0 N–H and O–H groups in total. The zero-order valence-electron chi connectivity index (χ0n) is 8.84. The summed E-state index contributed by atoms with van der Waals surface area (Å²) in [5.74, 6) is 2.26. The molecule has 0 bridgehead atoms. The summed E-state index contributed by atoms with van der Waals surface area (Å²) in [5.41, 5.74) is 0. The van der Waals surface area contributed by atoms with Crippen molar-refractivity contribution >= 4 is 18.0 Å². The maximum atomic E-state index is 10.2. The fourth-order valence-corrected chi connectivity index (χ4v) is 2.10. The van der Waals surface area contributed by atoms with Gasteiger partial charge in [0.25, 0.3) is 0 Å². The minimum atomic E-state index is 0.112. The molecule has 0 saturated heterocycles. The maximum Gasteiger partial charge on any atom is 0.202 e. The van der Waals surface area contributed by atoms with E-state index in [0.29, 0.717) is 0 Å². The van der Waals surface area contributed by atoms with E-state index in [1.807, 2.05) is 25.0 Å². The molecule has 0 saturated carbocycles. The first kappa shape index (κ1) is 13.0. The van der Waals surface area contributed by atoms with Gasteiger partial charge in [0.2, 0.25) is 6.29 Å². The number of rotatable bonds is 9. The monoisotopic (exact) mass is 201 g/mol. The summed E-state index contributed by atoms with van der Waals surface area (Å²) in [6, 6.07) is 0.